The van der Waals surface area contributed by atoms with Crippen LogP contribution in [0.5, 0.6) is 0 Å². The van der Waals surface area contributed by atoms with Gasteiger partial charge in [-0.05, 0) is 13.0 Å². The summed E-state index contributed by atoms with van der Waals surface area (Å²) in [4.78, 5) is 4.18. The number of hydrogen-bond acceptors (Lipinski definition) is 5. The van der Waals surface area contributed by atoms with Crippen molar-refractivity contribution in [2.75, 3.05) is 0 Å². The fourth-order valence-corrected chi connectivity index (χ4v) is 1.12. The minimum atomic E-state index is 0.0210. The maximum Gasteiger partial charge on any atom is 0.228 e. The molecule has 14 heavy (non-hydrogen) atoms. The summed E-state index contributed by atoms with van der Waals surface area (Å²) in [6, 6.07) is 1.80. The molecule has 5 nitrogen and oxygen atoms in total. The van der Waals surface area contributed by atoms with Crippen molar-refractivity contribution in [3.05, 3.63) is 24.5 Å². The summed E-state index contributed by atoms with van der Waals surface area (Å²) in [5, 5.41) is 3.81. The van der Waals surface area contributed by atoms with Gasteiger partial charge in [-0.3, -0.25) is 0 Å². The maximum atomic E-state index is 5.61. The Balaban J connectivity index is 2.18. The molecule has 2 aromatic heterocycles. The highest BCUT2D eigenvalue weighted by Crippen LogP contribution is 2.15. The third-order valence-electron chi connectivity index (χ3n) is 1.74. The van der Waals surface area contributed by atoms with Crippen molar-refractivity contribution in [3.63, 3.8) is 0 Å². The Labute approximate surface area is 80.9 Å². The molecule has 0 aliphatic rings. The Hall–Kier alpha value is -1.62. The van der Waals surface area contributed by atoms with Gasteiger partial charge in [0.25, 0.3) is 0 Å². The van der Waals surface area contributed by atoms with Crippen LogP contribution in [0, 0.1) is 0 Å². The van der Waals surface area contributed by atoms with Crippen molar-refractivity contribution >= 4 is 0 Å². The first-order chi connectivity index (χ1) is 6.75. The molecule has 1 atom stereocenters. The summed E-state index contributed by atoms with van der Waals surface area (Å²) in [7, 11) is 0. The molecule has 74 valence electrons. The van der Waals surface area contributed by atoms with E-state index in [1.807, 2.05) is 6.92 Å². The van der Waals surface area contributed by atoms with Gasteiger partial charge in [-0.15, -0.1) is 0 Å². The molecular weight excluding hydrogens is 182 g/mol. The summed E-state index contributed by atoms with van der Waals surface area (Å²) in [6.45, 7) is 1.89. The minimum Gasteiger partial charge on any atom is -0.472 e. The van der Waals surface area contributed by atoms with E-state index < -0.39 is 0 Å². The standard InChI is InChI=1S/C9H11N3O2/c1-6(10)4-8-11-9(12-14-8)7-2-3-13-5-7/h2-3,5-6H,4,10H2,1H3. The van der Waals surface area contributed by atoms with E-state index in [1.165, 1.54) is 0 Å². The summed E-state index contributed by atoms with van der Waals surface area (Å²) in [5.41, 5.74) is 6.42. The summed E-state index contributed by atoms with van der Waals surface area (Å²) in [6.07, 6.45) is 3.72. The van der Waals surface area contributed by atoms with Crippen LogP contribution in [0.25, 0.3) is 11.4 Å². The molecule has 1 unspecified atom stereocenters. The Bertz CT molecular complexity index is 392. The molecule has 0 aliphatic carbocycles. The zero-order chi connectivity index (χ0) is 9.97. The summed E-state index contributed by atoms with van der Waals surface area (Å²) in [5.74, 6) is 1.09. The van der Waals surface area contributed by atoms with Crippen LogP contribution in [0.4, 0.5) is 0 Å². The number of hydrogen-bond donors (Lipinski definition) is 1. The highest BCUT2D eigenvalue weighted by Gasteiger charge is 2.10. The topological polar surface area (TPSA) is 78.1 Å². The van der Waals surface area contributed by atoms with Crippen LogP contribution in [-0.4, -0.2) is 16.2 Å². The number of aromatic nitrogens is 2. The fraction of sp³-hybridized carbons (Fsp3) is 0.333. The first-order valence-corrected chi connectivity index (χ1v) is 4.36. The van der Waals surface area contributed by atoms with Crippen molar-refractivity contribution in [2.24, 2.45) is 5.73 Å². The first kappa shape index (κ1) is 8.96. The lowest BCUT2D eigenvalue weighted by molar-refractivity contribution is 0.372. The zero-order valence-electron chi connectivity index (χ0n) is 7.80. The van der Waals surface area contributed by atoms with Gasteiger partial charge >= 0.3 is 0 Å². The van der Waals surface area contributed by atoms with E-state index in [2.05, 4.69) is 10.1 Å². The molecule has 0 spiro atoms. The Morgan fingerprint density at radius 3 is 3.07 bits per heavy atom. The predicted molar refractivity (Wildman–Crippen MR) is 49.4 cm³/mol. The van der Waals surface area contributed by atoms with Crippen molar-refractivity contribution in [3.8, 4) is 11.4 Å². The van der Waals surface area contributed by atoms with Gasteiger partial charge in [0.15, 0.2) is 0 Å². The smallest absolute Gasteiger partial charge is 0.228 e. The van der Waals surface area contributed by atoms with Gasteiger partial charge in [-0.2, -0.15) is 4.98 Å². The van der Waals surface area contributed by atoms with E-state index >= 15 is 0 Å². The zero-order valence-corrected chi connectivity index (χ0v) is 7.80. The van der Waals surface area contributed by atoms with Gasteiger partial charge in [0, 0.05) is 12.5 Å². The highest BCUT2D eigenvalue weighted by molar-refractivity contribution is 5.51. The molecule has 0 bridgehead atoms. The summed E-state index contributed by atoms with van der Waals surface area (Å²) >= 11 is 0. The van der Waals surface area contributed by atoms with E-state index in [1.54, 1.807) is 18.6 Å². The van der Waals surface area contributed by atoms with Crippen molar-refractivity contribution in [2.45, 2.75) is 19.4 Å². The van der Waals surface area contributed by atoms with Crippen LogP contribution in [0.2, 0.25) is 0 Å². The van der Waals surface area contributed by atoms with Gasteiger partial charge in [0.1, 0.15) is 6.26 Å². The largest absolute Gasteiger partial charge is 0.472 e. The van der Waals surface area contributed by atoms with E-state index in [4.69, 9.17) is 14.7 Å². The number of rotatable bonds is 3. The molecule has 0 saturated heterocycles. The van der Waals surface area contributed by atoms with Crippen LogP contribution < -0.4 is 5.73 Å². The van der Waals surface area contributed by atoms with Crippen LogP contribution in [-0.2, 0) is 6.42 Å². The second kappa shape index (κ2) is 3.63. The predicted octanol–water partition coefficient (Wildman–Crippen LogP) is 1.22. The molecule has 2 N–H and O–H groups in total. The van der Waals surface area contributed by atoms with Crippen molar-refractivity contribution in [1.82, 2.24) is 10.1 Å². The van der Waals surface area contributed by atoms with Gasteiger partial charge < -0.3 is 14.7 Å². The van der Waals surface area contributed by atoms with E-state index in [9.17, 15) is 0 Å². The fourth-order valence-electron chi connectivity index (χ4n) is 1.12. The van der Waals surface area contributed by atoms with Gasteiger partial charge in [0.2, 0.25) is 11.7 Å². The number of nitrogens with zero attached hydrogens (tertiary/aromatic N) is 2. The van der Waals surface area contributed by atoms with E-state index in [0.29, 0.717) is 18.1 Å². The quantitative estimate of drug-likeness (QED) is 0.792. The van der Waals surface area contributed by atoms with Crippen molar-refractivity contribution in [1.29, 1.82) is 0 Å². The molecule has 0 saturated carbocycles. The maximum absolute atomic E-state index is 5.61. The number of nitrogens with two attached hydrogens (primary N) is 1. The van der Waals surface area contributed by atoms with Crippen molar-refractivity contribution < 1.29 is 8.94 Å². The van der Waals surface area contributed by atoms with Gasteiger partial charge in [0.05, 0.1) is 11.8 Å². The molecule has 0 fully saturated rings. The Kier molecular flexibility index (Phi) is 2.32. The third-order valence-corrected chi connectivity index (χ3v) is 1.74. The van der Waals surface area contributed by atoms with E-state index in [-0.39, 0.29) is 6.04 Å². The molecule has 0 amide bonds. The van der Waals surface area contributed by atoms with Gasteiger partial charge in [-0.25, -0.2) is 0 Å². The second-order valence-electron chi connectivity index (χ2n) is 3.21. The van der Waals surface area contributed by atoms with Crippen LogP contribution in [0.1, 0.15) is 12.8 Å². The summed E-state index contributed by atoms with van der Waals surface area (Å²) < 4.78 is 9.93. The molecule has 0 aliphatic heterocycles. The average molecular weight is 193 g/mol. The molecule has 2 rings (SSSR count). The lowest BCUT2D eigenvalue weighted by atomic mass is 10.2. The normalized spacial score (nSPS) is 13.0. The third kappa shape index (κ3) is 1.82. The Morgan fingerprint density at radius 1 is 1.57 bits per heavy atom. The first-order valence-electron chi connectivity index (χ1n) is 4.36. The SMILES string of the molecule is CC(N)Cc1nc(-c2ccoc2)no1. The molecule has 5 heteroatoms. The van der Waals surface area contributed by atoms with Crippen LogP contribution >= 0.6 is 0 Å². The number of furan rings is 1. The molecule has 2 heterocycles. The average Bonchev–Trinajstić information content (AvgIpc) is 2.69. The van der Waals surface area contributed by atoms with Crippen LogP contribution in [0.15, 0.2) is 27.5 Å². The Morgan fingerprint density at radius 2 is 2.43 bits per heavy atom. The minimum absolute atomic E-state index is 0.0210. The lowest BCUT2D eigenvalue weighted by Gasteiger charge is -1.96. The highest BCUT2D eigenvalue weighted by atomic mass is 16.5. The molecule has 0 aromatic carbocycles. The van der Waals surface area contributed by atoms with E-state index in [0.717, 1.165) is 5.56 Å². The molecule has 2 aromatic rings. The van der Waals surface area contributed by atoms with Gasteiger partial charge in [-0.1, -0.05) is 5.16 Å². The molecular formula is C9H11N3O2. The van der Waals surface area contributed by atoms with Crippen LogP contribution in [0.3, 0.4) is 0 Å². The molecule has 0 radical (unpaired) electrons. The lowest BCUT2D eigenvalue weighted by Crippen LogP contribution is -2.17. The monoisotopic (exact) mass is 193 g/mol. The second-order valence-corrected chi connectivity index (χ2v) is 3.21.